The van der Waals surface area contributed by atoms with E-state index in [4.69, 9.17) is 0 Å². The SMILES string of the molecule is Cc1nc2cc(C(F)(F)F)cnc2c(=O)[nH]1. The first-order valence-electron chi connectivity index (χ1n) is 4.32. The molecule has 0 unspecified atom stereocenters. The number of nitrogens with zero attached hydrogens (tertiary/aromatic N) is 2. The molecule has 0 saturated carbocycles. The smallest absolute Gasteiger partial charge is 0.309 e. The summed E-state index contributed by atoms with van der Waals surface area (Å²) in [4.78, 5) is 20.9. The zero-order valence-electron chi connectivity index (χ0n) is 8.09. The number of alkyl halides is 3. The van der Waals surface area contributed by atoms with Gasteiger partial charge >= 0.3 is 6.18 Å². The molecule has 0 bridgehead atoms. The van der Waals surface area contributed by atoms with E-state index in [0.717, 1.165) is 6.07 Å². The van der Waals surface area contributed by atoms with E-state index in [0.29, 0.717) is 6.20 Å². The van der Waals surface area contributed by atoms with Crippen LogP contribution in [-0.4, -0.2) is 15.0 Å². The lowest BCUT2D eigenvalue weighted by Crippen LogP contribution is -2.13. The molecule has 0 saturated heterocycles. The Labute approximate surface area is 87.2 Å². The number of H-pyrrole nitrogens is 1. The molecule has 0 aromatic carbocycles. The van der Waals surface area contributed by atoms with Gasteiger partial charge in [-0.25, -0.2) is 9.97 Å². The van der Waals surface area contributed by atoms with Crippen molar-refractivity contribution < 1.29 is 13.2 Å². The number of nitrogens with one attached hydrogen (secondary N) is 1. The number of hydrogen-bond acceptors (Lipinski definition) is 3. The third kappa shape index (κ3) is 1.75. The number of hydrogen-bond donors (Lipinski definition) is 1. The molecule has 0 fully saturated rings. The highest BCUT2D eigenvalue weighted by Gasteiger charge is 2.31. The molecule has 0 radical (unpaired) electrons. The maximum absolute atomic E-state index is 12.4. The van der Waals surface area contributed by atoms with Crippen molar-refractivity contribution in [2.75, 3.05) is 0 Å². The molecule has 16 heavy (non-hydrogen) atoms. The lowest BCUT2D eigenvalue weighted by molar-refractivity contribution is -0.137. The summed E-state index contributed by atoms with van der Waals surface area (Å²) in [7, 11) is 0. The zero-order valence-corrected chi connectivity index (χ0v) is 8.09. The van der Waals surface area contributed by atoms with E-state index >= 15 is 0 Å². The summed E-state index contributed by atoms with van der Waals surface area (Å²) in [5, 5.41) is 0. The molecule has 84 valence electrons. The molecule has 7 heteroatoms. The molecule has 4 nitrogen and oxygen atoms in total. The van der Waals surface area contributed by atoms with E-state index in [1.807, 2.05) is 0 Å². The zero-order chi connectivity index (χ0) is 11.9. The van der Waals surface area contributed by atoms with Crippen LogP contribution < -0.4 is 5.56 Å². The Morgan fingerprint density at radius 2 is 2.06 bits per heavy atom. The van der Waals surface area contributed by atoms with Gasteiger partial charge in [-0.15, -0.1) is 0 Å². The number of aryl methyl sites for hydroxylation is 1. The molecule has 0 spiro atoms. The molecular formula is C9H6F3N3O. The van der Waals surface area contributed by atoms with Crippen LogP contribution in [-0.2, 0) is 6.18 Å². The van der Waals surface area contributed by atoms with Crippen LogP contribution in [0.1, 0.15) is 11.4 Å². The highest BCUT2D eigenvalue weighted by atomic mass is 19.4. The van der Waals surface area contributed by atoms with Crippen LogP contribution in [0.15, 0.2) is 17.1 Å². The van der Waals surface area contributed by atoms with Crippen molar-refractivity contribution in [1.82, 2.24) is 15.0 Å². The van der Waals surface area contributed by atoms with Crippen LogP contribution in [0.25, 0.3) is 11.0 Å². The summed E-state index contributed by atoms with van der Waals surface area (Å²) in [5.74, 6) is 0.249. The van der Waals surface area contributed by atoms with Crippen molar-refractivity contribution in [3.05, 3.63) is 34.0 Å². The first kappa shape index (κ1) is 10.6. The predicted molar refractivity (Wildman–Crippen MR) is 49.9 cm³/mol. The van der Waals surface area contributed by atoms with Gasteiger partial charge in [0.2, 0.25) is 0 Å². The normalized spacial score (nSPS) is 12.0. The first-order valence-corrected chi connectivity index (χ1v) is 4.32. The molecular weight excluding hydrogens is 223 g/mol. The van der Waals surface area contributed by atoms with Crippen LogP contribution >= 0.6 is 0 Å². The molecule has 0 amide bonds. The van der Waals surface area contributed by atoms with Gasteiger partial charge in [0.05, 0.1) is 11.1 Å². The van der Waals surface area contributed by atoms with E-state index in [9.17, 15) is 18.0 Å². The number of aromatic amines is 1. The van der Waals surface area contributed by atoms with Crippen molar-refractivity contribution in [2.24, 2.45) is 0 Å². The van der Waals surface area contributed by atoms with Crippen molar-refractivity contribution >= 4 is 11.0 Å². The topological polar surface area (TPSA) is 58.6 Å². The van der Waals surface area contributed by atoms with Gasteiger partial charge in [0.15, 0.2) is 5.52 Å². The van der Waals surface area contributed by atoms with E-state index in [2.05, 4.69) is 15.0 Å². The number of aromatic nitrogens is 3. The molecule has 0 aliphatic heterocycles. The Balaban J connectivity index is 2.76. The fourth-order valence-corrected chi connectivity index (χ4v) is 1.30. The van der Waals surface area contributed by atoms with Gasteiger partial charge in [-0.05, 0) is 13.0 Å². The quantitative estimate of drug-likeness (QED) is 0.747. The van der Waals surface area contributed by atoms with Gasteiger partial charge in [0.25, 0.3) is 5.56 Å². The van der Waals surface area contributed by atoms with Crippen LogP contribution in [0.3, 0.4) is 0 Å². The Kier molecular flexibility index (Phi) is 2.18. The molecule has 1 N–H and O–H groups in total. The second kappa shape index (κ2) is 3.29. The first-order chi connectivity index (χ1) is 7.38. The van der Waals surface area contributed by atoms with Crippen molar-refractivity contribution in [3.63, 3.8) is 0 Å². The van der Waals surface area contributed by atoms with Gasteiger partial charge in [-0.1, -0.05) is 0 Å². The summed E-state index contributed by atoms with van der Waals surface area (Å²) >= 11 is 0. The fourth-order valence-electron chi connectivity index (χ4n) is 1.30. The maximum atomic E-state index is 12.4. The summed E-state index contributed by atoms with van der Waals surface area (Å²) in [6, 6.07) is 0.810. The highest BCUT2D eigenvalue weighted by molar-refractivity contribution is 5.73. The molecule has 2 aromatic heterocycles. The van der Waals surface area contributed by atoms with E-state index in [-0.39, 0.29) is 16.9 Å². The van der Waals surface area contributed by atoms with Crippen LogP contribution in [0.2, 0.25) is 0 Å². The average molecular weight is 229 g/mol. The summed E-state index contributed by atoms with van der Waals surface area (Å²) in [6.45, 7) is 1.49. The minimum Gasteiger partial charge on any atom is -0.309 e. The standard InChI is InChI=1S/C9H6F3N3O/c1-4-14-6-2-5(9(10,11)12)3-13-7(6)8(16)15-4/h2-3H,1H3,(H,14,15,16). The van der Waals surface area contributed by atoms with Gasteiger partial charge < -0.3 is 4.98 Å². The summed E-state index contributed by atoms with van der Waals surface area (Å²) < 4.78 is 37.1. The second-order valence-corrected chi connectivity index (χ2v) is 3.24. The van der Waals surface area contributed by atoms with Crippen LogP contribution in [0.5, 0.6) is 0 Å². The Morgan fingerprint density at radius 3 is 2.69 bits per heavy atom. The van der Waals surface area contributed by atoms with E-state index in [1.165, 1.54) is 6.92 Å². The second-order valence-electron chi connectivity index (χ2n) is 3.24. The monoisotopic (exact) mass is 229 g/mol. The number of pyridine rings is 1. The van der Waals surface area contributed by atoms with Gasteiger partial charge in [0.1, 0.15) is 5.82 Å². The van der Waals surface area contributed by atoms with Crippen molar-refractivity contribution in [3.8, 4) is 0 Å². The van der Waals surface area contributed by atoms with Crippen LogP contribution in [0.4, 0.5) is 13.2 Å². The Morgan fingerprint density at radius 1 is 1.38 bits per heavy atom. The number of rotatable bonds is 0. The Bertz CT molecular complexity index is 603. The van der Waals surface area contributed by atoms with Gasteiger partial charge in [0, 0.05) is 6.20 Å². The molecule has 0 atom stereocenters. The maximum Gasteiger partial charge on any atom is 0.417 e. The largest absolute Gasteiger partial charge is 0.417 e. The fraction of sp³-hybridized carbons (Fsp3) is 0.222. The lowest BCUT2D eigenvalue weighted by Gasteiger charge is -2.06. The number of fused-ring (bicyclic) bond motifs is 1. The van der Waals surface area contributed by atoms with E-state index < -0.39 is 17.3 Å². The minimum absolute atomic E-state index is 0.0592. The van der Waals surface area contributed by atoms with Gasteiger partial charge in [-0.3, -0.25) is 4.79 Å². The van der Waals surface area contributed by atoms with Gasteiger partial charge in [-0.2, -0.15) is 13.2 Å². The third-order valence-electron chi connectivity index (χ3n) is 1.99. The van der Waals surface area contributed by atoms with E-state index in [1.54, 1.807) is 0 Å². The highest BCUT2D eigenvalue weighted by Crippen LogP contribution is 2.29. The lowest BCUT2D eigenvalue weighted by atomic mass is 10.2. The average Bonchev–Trinajstić information content (AvgIpc) is 2.15. The molecule has 2 heterocycles. The molecule has 0 aliphatic carbocycles. The summed E-state index contributed by atoms with van der Waals surface area (Å²) in [6.07, 6.45) is -3.87. The predicted octanol–water partition coefficient (Wildman–Crippen LogP) is 1.65. The minimum atomic E-state index is -4.49. The molecule has 2 rings (SSSR count). The Hall–Kier alpha value is -1.92. The number of halogens is 3. The van der Waals surface area contributed by atoms with Crippen molar-refractivity contribution in [2.45, 2.75) is 13.1 Å². The summed E-state index contributed by atoms with van der Waals surface area (Å²) in [5.41, 5.74) is -1.62. The molecule has 0 aliphatic rings. The van der Waals surface area contributed by atoms with Crippen LogP contribution in [0, 0.1) is 6.92 Å². The van der Waals surface area contributed by atoms with Crippen molar-refractivity contribution in [1.29, 1.82) is 0 Å². The third-order valence-corrected chi connectivity index (χ3v) is 1.99. The molecule has 2 aromatic rings.